The van der Waals surface area contributed by atoms with Crippen molar-refractivity contribution in [3.63, 3.8) is 0 Å². The van der Waals surface area contributed by atoms with Gasteiger partial charge in [-0.1, -0.05) is 27.7 Å². The first kappa shape index (κ1) is 73.9. The fourth-order valence-electron chi connectivity index (χ4n) is 18.2. The van der Waals surface area contributed by atoms with E-state index in [1.807, 2.05) is 6.92 Å². The van der Waals surface area contributed by atoms with Crippen LogP contribution in [0.1, 0.15) is 98.8 Å². The molecular formula is C62H104O32. The molecule has 11 rings (SSSR count). The number of hydrogen-bond acceptors (Lipinski definition) is 32. The Balaban J connectivity index is 0.719. The molecular weight excluding hydrogens is 1260 g/mol. The van der Waals surface area contributed by atoms with Gasteiger partial charge < -0.3 is 159 Å². The molecule has 7 saturated heterocycles. The van der Waals surface area contributed by atoms with Gasteiger partial charge in [-0.2, -0.15) is 0 Å². The Labute approximate surface area is 544 Å². The second-order valence-corrected chi connectivity index (χ2v) is 29.5. The van der Waals surface area contributed by atoms with Gasteiger partial charge in [0, 0.05) is 12.3 Å². The van der Waals surface area contributed by atoms with Gasteiger partial charge in [0.25, 0.3) is 0 Å². The van der Waals surface area contributed by atoms with Crippen LogP contribution in [0.4, 0.5) is 0 Å². The largest absolute Gasteiger partial charge is 0.394 e. The summed E-state index contributed by atoms with van der Waals surface area (Å²) in [5.41, 5.74) is -0.137. The molecule has 94 heavy (non-hydrogen) atoms. The monoisotopic (exact) mass is 1360 g/mol. The maximum absolute atomic E-state index is 12.2. The summed E-state index contributed by atoms with van der Waals surface area (Å²) in [5, 5.41) is 206. The predicted molar refractivity (Wildman–Crippen MR) is 309 cm³/mol. The minimum atomic E-state index is -2.13. The van der Waals surface area contributed by atoms with Crippen LogP contribution in [0.15, 0.2) is 0 Å². The van der Waals surface area contributed by atoms with Crippen molar-refractivity contribution in [2.75, 3.05) is 39.6 Å². The number of aliphatic hydroxyl groups is 19. The number of aliphatic hydroxyl groups excluding tert-OH is 18. The van der Waals surface area contributed by atoms with Crippen LogP contribution in [-0.4, -0.2) is 333 Å². The van der Waals surface area contributed by atoms with Crippen LogP contribution in [0.5, 0.6) is 0 Å². The third kappa shape index (κ3) is 13.8. The average molecular weight is 1360 g/mol. The number of hydrogen-bond donors (Lipinski definition) is 19. The molecule has 19 N–H and O–H groups in total. The summed E-state index contributed by atoms with van der Waals surface area (Å²) in [5.74, 6) is -0.0796. The second kappa shape index (κ2) is 29.6. The minimum absolute atomic E-state index is 0.0588. The molecule has 0 bridgehead atoms. The van der Waals surface area contributed by atoms with Crippen molar-refractivity contribution in [3.8, 4) is 0 Å². The van der Waals surface area contributed by atoms with Crippen LogP contribution >= 0.6 is 0 Å². The first-order valence-electron chi connectivity index (χ1n) is 33.7. The van der Waals surface area contributed by atoms with Gasteiger partial charge in [-0.25, -0.2) is 0 Å². The lowest BCUT2D eigenvalue weighted by Gasteiger charge is -2.61. The molecule has 0 aromatic heterocycles. The van der Waals surface area contributed by atoms with Crippen molar-refractivity contribution in [1.82, 2.24) is 0 Å². The fourth-order valence-corrected chi connectivity index (χ4v) is 18.2. The van der Waals surface area contributed by atoms with E-state index in [-0.39, 0.29) is 47.2 Å². The van der Waals surface area contributed by atoms with Crippen molar-refractivity contribution in [1.29, 1.82) is 0 Å². The van der Waals surface area contributed by atoms with Crippen molar-refractivity contribution >= 4 is 0 Å². The average Bonchev–Trinajstić information content (AvgIpc) is 1.50. The van der Waals surface area contributed by atoms with Crippen molar-refractivity contribution in [2.24, 2.45) is 52.3 Å². The minimum Gasteiger partial charge on any atom is -0.394 e. The highest BCUT2D eigenvalue weighted by Gasteiger charge is 2.69. The second-order valence-electron chi connectivity index (χ2n) is 29.5. The molecule has 0 aromatic rings. The van der Waals surface area contributed by atoms with Gasteiger partial charge in [-0.3, -0.25) is 0 Å². The molecule has 32 nitrogen and oxygen atoms in total. The van der Waals surface area contributed by atoms with Gasteiger partial charge in [-0.05, 0) is 111 Å². The Morgan fingerprint density at radius 3 is 1.72 bits per heavy atom. The molecule has 41 atom stereocenters. The summed E-state index contributed by atoms with van der Waals surface area (Å²) in [6, 6.07) is 0. The number of ether oxygens (including phenoxy) is 13. The molecule has 0 amide bonds. The molecule has 544 valence electrons. The van der Waals surface area contributed by atoms with Gasteiger partial charge in [-0.15, -0.1) is 0 Å². The summed E-state index contributed by atoms with van der Waals surface area (Å²) >= 11 is 0. The highest BCUT2D eigenvalue weighted by molar-refractivity contribution is 5.15. The third-order valence-corrected chi connectivity index (χ3v) is 23.9. The highest BCUT2D eigenvalue weighted by atomic mass is 16.8. The van der Waals surface area contributed by atoms with E-state index >= 15 is 0 Å². The molecule has 0 spiro atoms. The van der Waals surface area contributed by atoms with E-state index in [0.29, 0.717) is 43.4 Å². The summed E-state index contributed by atoms with van der Waals surface area (Å²) < 4.78 is 77.8. The van der Waals surface area contributed by atoms with E-state index in [4.69, 9.17) is 61.6 Å². The Morgan fingerprint density at radius 1 is 0.479 bits per heavy atom. The maximum Gasteiger partial charge on any atom is 0.187 e. The van der Waals surface area contributed by atoms with E-state index in [0.717, 1.165) is 38.5 Å². The van der Waals surface area contributed by atoms with E-state index in [1.165, 1.54) is 6.92 Å². The predicted octanol–water partition coefficient (Wildman–Crippen LogP) is -6.64. The lowest BCUT2D eigenvalue weighted by atomic mass is 9.44. The topological polar surface area (TPSA) is 504 Å². The smallest absolute Gasteiger partial charge is 0.187 e. The van der Waals surface area contributed by atoms with Gasteiger partial charge >= 0.3 is 0 Å². The zero-order valence-corrected chi connectivity index (χ0v) is 53.6. The van der Waals surface area contributed by atoms with Crippen LogP contribution in [0.2, 0.25) is 0 Å². The van der Waals surface area contributed by atoms with Crippen molar-refractivity contribution in [2.45, 2.75) is 295 Å². The zero-order chi connectivity index (χ0) is 67.9. The molecule has 11 fully saturated rings. The SMILES string of the molecule is C[C@@H](CC[C@@]1(O)O[C@H]2C[C@H]3[C@@H]4CC[C@H]5C[C@@H](O[C@@H]6O[C@H](CO[C@@H]7O[C@H](CO)[C@H](O)[C@H](O[C@@H]8OC[C@@H](O)[C@H](O)[C@H]8O)[C@H]7O[C@@H]7O[C@H](CO)[C@H](O[C@@H]8O[C@@H](C)[C@H](O)[C@@H](O)[C@H]8O)[C@H](O)[C@H]7O)[C@@H](O)[C@H](O)[C@H]6O)CC[C@]5(C)[C@H]4CC[C@]3(C)[C@H]2[C@@H]1C)CO[C@@H]1O[C@H](CO)[C@H](O)[C@H](O)[C@H]1O. The maximum atomic E-state index is 12.2. The number of rotatable bonds is 20. The molecule has 11 aliphatic rings. The lowest BCUT2D eigenvalue weighted by molar-refractivity contribution is -0.399. The van der Waals surface area contributed by atoms with E-state index in [2.05, 4.69) is 20.8 Å². The van der Waals surface area contributed by atoms with Gasteiger partial charge in [0.15, 0.2) is 43.5 Å². The van der Waals surface area contributed by atoms with Crippen LogP contribution < -0.4 is 0 Å². The number of fused-ring (bicyclic) bond motifs is 7. The molecule has 4 aliphatic carbocycles. The zero-order valence-electron chi connectivity index (χ0n) is 53.6. The molecule has 4 saturated carbocycles. The Hall–Kier alpha value is -1.28. The molecule has 0 unspecified atom stereocenters. The first-order valence-corrected chi connectivity index (χ1v) is 33.7. The third-order valence-electron chi connectivity index (χ3n) is 23.9. The van der Waals surface area contributed by atoms with Gasteiger partial charge in [0.05, 0.1) is 58.0 Å². The quantitative estimate of drug-likeness (QED) is 0.0504. The Bertz CT molecular complexity index is 2440. The normalized spacial score (nSPS) is 55.7. The molecule has 7 aliphatic heterocycles. The molecule has 0 radical (unpaired) electrons. The van der Waals surface area contributed by atoms with Crippen LogP contribution in [0.3, 0.4) is 0 Å². The van der Waals surface area contributed by atoms with Crippen molar-refractivity contribution in [3.05, 3.63) is 0 Å². The summed E-state index contributed by atoms with van der Waals surface area (Å²) in [7, 11) is 0. The van der Waals surface area contributed by atoms with Crippen molar-refractivity contribution < 1.29 is 159 Å². The van der Waals surface area contributed by atoms with Crippen LogP contribution in [0, 0.1) is 52.3 Å². The molecule has 7 heterocycles. The summed E-state index contributed by atoms with van der Waals surface area (Å²) in [4.78, 5) is 0. The van der Waals surface area contributed by atoms with Crippen LogP contribution in [-0.2, 0) is 61.6 Å². The Morgan fingerprint density at radius 2 is 1.03 bits per heavy atom. The summed E-state index contributed by atoms with van der Waals surface area (Å²) in [6.07, 6.45) is -42.0. The summed E-state index contributed by atoms with van der Waals surface area (Å²) in [6.45, 7) is 6.61. The van der Waals surface area contributed by atoms with Gasteiger partial charge in [0.2, 0.25) is 0 Å². The van der Waals surface area contributed by atoms with E-state index in [9.17, 15) is 97.0 Å². The van der Waals surface area contributed by atoms with Gasteiger partial charge in [0.1, 0.15) is 134 Å². The van der Waals surface area contributed by atoms with Crippen LogP contribution in [0.25, 0.3) is 0 Å². The van der Waals surface area contributed by atoms with E-state index < -0.39 is 223 Å². The molecule has 0 aromatic carbocycles. The lowest BCUT2D eigenvalue weighted by Crippen LogP contribution is -2.67. The highest BCUT2D eigenvalue weighted by Crippen LogP contribution is 2.71. The fraction of sp³-hybridized carbons (Fsp3) is 1.00. The standard InChI is InChI=1S/C62H104O32/c1-22(19-82-54-47(77)43(73)39(69)32(16-63)87-54)8-13-62(81)23(2)36-31(94-62)15-29-27-7-6-25-14-26(9-11-60(25,4)28(27)10-12-61(29,36)5)86-57-49(79)44(74)40(70)35(90-57)21-84-59-53(52(41(71)33(17-64)88-59)92-55-46(76)38(68)30(66)20-83-55)93-58-50(80)45(75)51(34(18-65)89-58)91-56-48(78)42(72)37(67)24(3)85-56/h22-59,63-81H,6-21H2,1-5H3/t22-,23-,24-,25-,26-,27+,28-,29-,30+,31-,32+,33+,34+,35+,36-,37-,38-,39-,40+,41-,42+,43-,44-,45+,46+,47+,48+,49+,50+,51-,52-,53+,54+,55-,56-,57+,58-,59+,60-,61-,62+/m0/s1. The Kier molecular flexibility index (Phi) is 23.3. The first-order chi connectivity index (χ1) is 44.5. The molecule has 32 heteroatoms. The van der Waals surface area contributed by atoms with E-state index in [1.54, 1.807) is 0 Å².